The minimum Gasteiger partial charge on any atom is -0.497 e. The number of carbonyl (C=O) groups is 2. The zero-order chi connectivity index (χ0) is 17.1. The van der Waals surface area contributed by atoms with Crippen LogP contribution in [0.1, 0.15) is 12.0 Å². The molecule has 23 heavy (non-hydrogen) atoms. The first kappa shape index (κ1) is 18.0. The molecule has 1 amide bonds. The van der Waals surface area contributed by atoms with Gasteiger partial charge in [-0.05, 0) is 17.7 Å². The summed E-state index contributed by atoms with van der Waals surface area (Å²) in [6.45, 7) is 0.577. The number of ether oxygens (including phenoxy) is 2. The molecule has 0 fully saturated rings. The Bertz CT molecular complexity index is 603. The Kier molecular flexibility index (Phi) is 7.72. The molecule has 0 aromatic heterocycles. The summed E-state index contributed by atoms with van der Waals surface area (Å²) in [5, 5.41) is 14.4. The summed E-state index contributed by atoms with van der Waals surface area (Å²) in [6.07, 6.45) is 1.44. The number of hydrogen-bond donors (Lipinski definition) is 2. The average molecular weight is 317 g/mol. The van der Waals surface area contributed by atoms with E-state index in [0.29, 0.717) is 6.54 Å². The molecule has 1 aromatic carbocycles. The number of nitrogens with zero attached hydrogens (tertiary/aromatic N) is 1. The van der Waals surface area contributed by atoms with Crippen molar-refractivity contribution in [3.05, 3.63) is 41.6 Å². The molecule has 122 valence electrons. The van der Waals surface area contributed by atoms with Crippen LogP contribution < -0.4 is 15.4 Å². The molecule has 0 aliphatic heterocycles. The van der Waals surface area contributed by atoms with E-state index in [0.717, 1.165) is 11.3 Å². The minimum atomic E-state index is -0.492. The van der Waals surface area contributed by atoms with Crippen LogP contribution in [0.2, 0.25) is 0 Å². The van der Waals surface area contributed by atoms with Gasteiger partial charge < -0.3 is 20.1 Å². The summed E-state index contributed by atoms with van der Waals surface area (Å²) in [5.74, 6) is -0.130. The van der Waals surface area contributed by atoms with Gasteiger partial charge in [-0.1, -0.05) is 12.1 Å². The monoisotopic (exact) mass is 317 g/mol. The second kappa shape index (κ2) is 9.84. The second-order valence-corrected chi connectivity index (χ2v) is 4.48. The van der Waals surface area contributed by atoms with Crippen LogP contribution in [0.25, 0.3) is 0 Å². The molecule has 0 unspecified atom stereocenters. The van der Waals surface area contributed by atoms with Gasteiger partial charge in [-0.15, -0.1) is 0 Å². The van der Waals surface area contributed by atoms with Gasteiger partial charge in [-0.3, -0.25) is 9.59 Å². The highest BCUT2D eigenvalue weighted by molar-refractivity contribution is 5.97. The molecule has 0 atom stereocenters. The van der Waals surface area contributed by atoms with E-state index in [9.17, 15) is 9.59 Å². The minimum absolute atomic E-state index is 0.0663. The number of rotatable bonds is 8. The fourth-order valence-electron chi connectivity index (χ4n) is 1.62. The van der Waals surface area contributed by atoms with E-state index in [2.05, 4.69) is 15.4 Å². The van der Waals surface area contributed by atoms with Crippen molar-refractivity contribution in [1.29, 1.82) is 5.26 Å². The lowest BCUT2D eigenvalue weighted by Crippen LogP contribution is -2.25. The van der Waals surface area contributed by atoms with Crippen molar-refractivity contribution in [3.63, 3.8) is 0 Å². The number of methoxy groups -OCH3 is 2. The Hall–Kier alpha value is -3.01. The van der Waals surface area contributed by atoms with Crippen LogP contribution in [0.5, 0.6) is 5.75 Å². The van der Waals surface area contributed by atoms with Crippen LogP contribution in [0, 0.1) is 11.3 Å². The van der Waals surface area contributed by atoms with Gasteiger partial charge in [0.15, 0.2) is 0 Å². The van der Waals surface area contributed by atoms with E-state index in [1.54, 1.807) is 19.2 Å². The Morgan fingerprint density at radius 3 is 2.52 bits per heavy atom. The predicted molar refractivity (Wildman–Crippen MR) is 83.2 cm³/mol. The first-order valence-electron chi connectivity index (χ1n) is 6.92. The van der Waals surface area contributed by atoms with Crippen LogP contribution in [-0.2, 0) is 20.9 Å². The maximum atomic E-state index is 11.9. The SMILES string of the molecule is COC(=O)CCN/C=C(/C#N)C(=O)NCc1ccc(OC)cc1. The van der Waals surface area contributed by atoms with E-state index in [4.69, 9.17) is 10.00 Å². The molecule has 0 aliphatic carbocycles. The largest absolute Gasteiger partial charge is 0.497 e. The van der Waals surface area contributed by atoms with E-state index in [1.165, 1.54) is 13.3 Å². The van der Waals surface area contributed by atoms with Crippen LogP contribution in [0.15, 0.2) is 36.0 Å². The third kappa shape index (κ3) is 6.52. The van der Waals surface area contributed by atoms with Gasteiger partial charge in [0, 0.05) is 19.3 Å². The maximum Gasteiger partial charge on any atom is 0.307 e. The Morgan fingerprint density at radius 1 is 1.26 bits per heavy atom. The Labute approximate surface area is 134 Å². The van der Waals surface area contributed by atoms with Crippen LogP contribution >= 0.6 is 0 Å². The lowest BCUT2D eigenvalue weighted by molar-refractivity contribution is -0.140. The summed E-state index contributed by atoms with van der Waals surface area (Å²) in [6, 6.07) is 9.03. The molecule has 0 saturated carbocycles. The molecule has 0 heterocycles. The normalized spacial score (nSPS) is 10.4. The Morgan fingerprint density at radius 2 is 1.96 bits per heavy atom. The number of nitrogens with one attached hydrogen (secondary N) is 2. The molecule has 7 heteroatoms. The van der Waals surface area contributed by atoms with E-state index in [-0.39, 0.29) is 24.5 Å². The van der Waals surface area contributed by atoms with Gasteiger partial charge in [0.1, 0.15) is 17.4 Å². The molecule has 1 rings (SSSR count). The topological polar surface area (TPSA) is 100 Å². The fraction of sp³-hybridized carbons (Fsp3) is 0.312. The van der Waals surface area contributed by atoms with Crippen molar-refractivity contribution >= 4 is 11.9 Å². The highest BCUT2D eigenvalue weighted by atomic mass is 16.5. The number of benzene rings is 1. The number of amides is 1. The van der Waals surface area contributed by atoms with Crippen LogP contribution in [0.4, 0.5) is 0 Å². The van der Waals surface area contributed by atoms with E-state index < -0.39 is 5.91 Å². The van der Waals surface area contributed by atoms with Crippen molar-refractivity contribution in [3.8, 4) is 11.8 Å². The third-order valence-corrected chi connectivity index (χ3v) is 2.92. The molecule has 0 saturated heterocycles. The molecule has 0 bridgehead atoms. The summed E-state index contributed by atoms with van der Waals surface area (Å²) < 4.78 is 9.53. The molecular weight excluding hydrogens is 298 g/mol. The third-order valence-electron chi connectivity index (χ3n) is 2.92. The quantitative estimate of drug-likeness (QED) is 0.319. The summed E-state index contributed by atoms with van der Waals surface area (Å²) >= 11 is 0. The lowest BCUT2D eigenvalue weighted by Gasteiger charge is -2.06. The first-order valence-corrected chi connectivity index (χ1v) is 6.92. The van der Waals surface area contributed by atoms with Gasteiger partial charge in [0.05, 0.1) is 20.6 Å². The first-order chi connectivity index (χ1) is 11.1. The van der Waals surface area contributed by atoms with Gasteiger partial charge in [-0.2, -0.15) is 5.26 Å². The average Bonchev–Trinajstić information content (AvgIpc) is 2.59. The lowest BCUT2D eigenvalue weighted by atomic mass is 10.2. The van der Waals surface area contributed by atoms with Crippen molar-refractivity contribution in [2.24, 2.45) is 0 Å². The van der Waals surface area contributed by atoms with Gasteiger partial charge in [0.25, 0.3) is 5.91 Å². The molecule has 2 N–H and O–H groups in total. The van der Waals surface area contributed by atoms with Crippen molar-refractivity contribution in [2.75, 3.05) is 20.8 Å². The molecule has 0 aliphatic rings. The van der Waals surface area contributed by atoms with Crippen molar-refractivity contribution < 1.29 is 19.1 Å². The zero-order valence-electron chi connectivity index (χ0n) is 13.1. The standard InChI is InChI=1S/C16H19N3O4/c1-22-14-5-3-12(4-6-14)10-19-16(21)13(9-17)11-18-8-7-15(20)23-2/h3-6,11,18H,7-8,10H2,1-2H3,(H,19,21)/b13-11-. The summed E-state index contributed by atoms with van der Waals surface area (Å²) in [7, 11) is 2.87. The van der Waals surface area contributed by atoms with Gasteiger partial charge >= 0.3 is 5.97 Å². The molecular formula is C16H19N3O4. The molecule has 0 spiro atoms. The number of carbonyl (C=O) groups excluding carboxylic acids is 2. The van der Waals surface area contributed by atoms with Gasteiger partial charge in [0.2, 0.25) is 0 Å². The summed E-state index contributed by atoms with van der Waals surface area (Å²) in [4.78, 5) is 22.8. The molecule has 0 radical (unpaired) electrons. The van der Waals surface area contributed by atoms with Crippen LogP contribution in [-0.4, -0.2) is 32.6 Å². The smallest absolute Gasteiger partial charge is 0.307 e. The zero-order valence-corrected chi connectivity index (χ0v) is 13.1. The number of esters is 1. The predicted octanol–water partition coefficient (Wildman–Crippen LogP) is 0.872. The maximum absolute atomic E-state index is 11.9. The van der Waals surface area contributed by atoms with E-state index >= 15 is 0 Å². The highest BCUT2D eigenvalue weighted by Gasteiger charge is 2.08. The van der Waals surface area contributed by atoms with E-state index in [1.807, 2.05) is 18.2 Å². The second-order valence-electron chi connectivity index (χ2n) is 4.48. The number of hydrogen-bond acceptors (Lipinski definition) is 6. The Balaban J connectivity index is 2.46. The molecule has 1 aromatic rings. The van der Waals surface area contributed by atoms with Gasteiger partial charge in [-0.25, -0.2) is 0 Å². The number of nitriles is 1. The molecule has 7 nitrogen and oxygen atoms in total. The summed E-state index contributed by atoms with van der Waals surface area (Å²) in [5.41, 5.74) is 0.818. The van der Waals surface area contributed by atoms with Crippen molar-refractivity contribution in [2.45, 2.75) is 13.0 Å². The highest BCUT2D eigenvalue weighted by Crippen LogP contribution is 2.11. The fourth-order valence-corrected chi connectivity index (χ4v) is 1.62. The van der Waals surface area contributed by atoms with Crippen LogP contribution in [0.3, 0.4) is 0 Å². The van der Waals surface area contributed by atoms with Crippen molar-refractivity contribution in [1.82, 2.24) is 10.6 Å².